The van der Waals surface area contributed by atoms with Crippen LogP contribution in [0.25, 0.3) is 11.2 Å². The Hall–Kier alpha value is -3.16. The van der Waals surface area contributed by atoms with Crippen LogP contribution in [-0.2, 0) is 11.8 Å². The fourth-order valence-electron chi connectivity index (χ4n) is 3.46. The largest absolute Gasteiger partial charge is 0.497 e. The molecule has 1 fully saturated rings. The summed E-state index contributed by atoms with van der Waals surface area (Å²) < 4.78 is 7.09. The lowest BCUT2D eigenvalue weighted by molar-refractivity contribution is -0.120. The summed E-state index contributed by atoms with van der Waals surface area (Å²) >= 11 is 0. The summed E-state index contributed by atoms with van der Waals surface area (Å²) in [5, 5.41) is 3.00. The maximum absolute atomic E-state index is 12.6. The van der Waals surface area contributed by atoms with Crippen LogP contribution in [0.15, 0.2) is 36.9 Å². The smallest absolute Gasteiger partial charge is 0.227 e. The zero-order valence-electron chi connectivity index (χ0n) is 15.4. The molecule has 0 aliphatic carbocycles. The summed E-state index contributed by atoms with van der Waals surface area (Å²) in [5.41, 5.74) is 2.38. The van der Waals surface area contributed by atoms with Crippen molar-refractivity contribution in [2.24, 2.45) is 13.0 Å². The number of carbonyl (C=O) groups is 1. The first kappa shape index (κ1) is 17.3. The fourth-order valence-corrected chi connectivity index (χ4v) is 3.46. The van der Waals surface area contributed by atoms with Crippen molar-refractivity contribution in [1.82, 2.24) is 19.5 Å². The van der Waals surface area contributed by atoms with E-state index < -0.39 is 0 Å². The van der Waals surface area contributed by atoms with Crippen LogP contribution in [0.5, 0.6) is 5.75 Å². The molecule has 0 radical (unpaired) electrons. The van der Waals surface area contributed by atoms with E-state index in [-0.39, 0.29) is 11.8 Å². The third kappa shape index (κ3) is 3.42. The average molecular weight is 366 g/mol. The number of methoxy groups -OCH3 is 1. The molecule has 0 bridgehead atoms. The Morgan fingerprint density at radius 2 is 2.04 bits per heavy atom. The van der Waals surface area contributed by atoms with Crippen LogP contribution in [0, 0.1) is 5.92 Å². The van der Waals surface area contributed by atoms with Gasteiger partial charge in [0.25, 0.3) is 0 Å². The minimum Gasteiger partial charge on any atom is -0.497 e. The van der Waals surface area contributed by atoms with E-state index in [1.54, 1.807) is 19.8 Å². The summed E-state index contributed by atoms with van der Waals surface area (Å²) in [7, 11) is 3.53. The highest BCUT2D eigenvalue weighted by atomic mass is 16.5. The van der Waals surface area contributed by atoms with Crippen molar-refractivity contribution in [3.05, 3.63) is 36.9 Å². The van der Waals surface area contributed by atoms with Crippen LogP contribution in [0.1, 0.15) is 12.8 Å². The van der Waals surface area contributed by atoms with Crippen LogP contribution in [0.2, 0.25) is 0 Å². The van der Waals surface area contributed by atoms with Crippen LogP contribution in [0.4, 0.5) is 11.5 Å². The first-order valence-corrected chi connectivity index (χ1v) is 8.97. The fraction of sp³-hybridized carbons (Fsp3) is 0.368. The summed E-state index contributed by atoms with van der Waals surface area (Å²) in [6.45, 7) is 1.53. The lowest BCUT2D eigenvalue weighted by Gasteiger charge is -2.32. The Morgan fingerprint density at radius 3 is 2.81 bits per heavy atom. The van der Waals surface area contributed by atoms with Crippen molar-refractivity contribution in [2.75, 3.05) is 30.4 Å². The predicted molar refractivity (Wildman–Crippen MR) is 103 cm³/mol. The number of nitrogens with zero attached hydrogens (tertiary/aromatic N) is 5. The molecule has 1 aliphatic heterocycles. The van der Waals surface area contributed by atoms with Crippen molar-refractivity contribution in [3.8, 4) is 5.75 Å². The minimum absolute atomic E-state index is 0.0199. The molecule has 1 aliphatic rings. The minimum atomic E-state index is -0.0199. The molecule has 8 nitrogen and oxygen atoms in total. The van der Waals surface area contributed by atoms with Crippen molar-refractivity contribution in [2.45, 2.75) is 12.8 Å². The van der Waals surface area contributed by atoms with Gasteiger partial charge in [-0.25, -0.2) is 15.0 Å². The number of nitrogens with one attached hydrogen (secondary N) is 1. The van der Waals surface area contributed by atoms with Crippen molar-refractivity contribution < 1.29 is 9.53 Å². The van der Waals surface area contributed by atoms with Gasteiger partial charge >= 0.3 is 0 Å². The van der Waals surface area contributed by atoms with Gasteiger partial charge < -0.3 is 19.5 Å². The van der Waals surface area contributed by atoms with Gasteiger partial charge in [-0.2, -0.15) is 0 Å². The van der Waals surface area contributed by atoms with Crippen molar-refractivity contribution in [3.63, 3.8) is 0 Å². The van der Waals surface area contributed by atoms with Gasteiger partial charge in [-0.1, -0.05) is 6.07 Å². The molecule has 2 aromatic heterocycles. The monoisotopic (exact) mass is 366 g/mol. The Balaban J connectivity index is 1.41. The van der Waals surface area contributed by atoms with Gasteiger partial charge in [-0.15, -0.1) is 0 Å². The lowest BCUT2D eigenvalue weighted by Crippen LogP contribution is -2.38. The number of imidazole rings is 1. The van der Waals surface area contributed by atoms with Crippen LogP contribution in [-0.4, -0.2) is 45.6 Å². The number of benzene rings is 1. The molecule has 1 saturated heterocycles. The highest BCUT2D eigenvalue weighted by Gasteiger charge is 2.27. The number of fused-ring (bicyclic) bond motifs is 1. The quantitative estimate of drug-likeness (QED) is 0.762. The number of amides is 1. The molecule has 0 atom stereocenters. The van der Waals surface area contributed by atoms with Gasteiger partial charge in [0.05, 0.1) is 13.4 Å². The third-order valence-electron chi connectivity index (χ3n) is 4.98. The molecule has 1 amide bonds. The molecule has 8 heteroatoms. The Kier molecular flexibility index (Phi) is 4.62. The first-order valence-electron chi connectivity index (χ1n) is 8.97. The van der Waals surface area contributed by atoms with E-state index in [4.69, 9.17) is 4.74 Å². The molecular formula is C19H22N6O2. The van der Waals surface area contributed by atoms with Crippen LogP contribution >= 0.6 is 0 Å². The number of ether oxygens (including phenoxy) is 1. The number of rotatable bonds is 4. The lowest BCUT2D eigenvalue weighted by atomic mass is 9.95. The van der Waals surface area contributed by atoms with Gasteiger partial charge in [0.1, 0.15) is 12.1 Å². The molecule has 3 heterocycles. The molecule has 1 N–H and O–H groups in total. The number of aromatic nitrogens is 4. The zero-order chi connectivity index (χ0) is 18.8. The van der Waals surface area contributed by atoms with Gasteiger partial charge in [0.2, 0.25) is 5.91 Å². The van der Waals surface area contributed by atoms with E-state index in [1.807, 2.05) is 35.9 Å². The standard InChI is InChI=1S/C19H22N6O2/c1-24-12-22-16-17(24)20-11-21-18(16)25-8-6-13(7-9-25)19(26)23-14-4-3-5-15(10-14)27-2/h3-5,10-13H,6-9H2,1-2H3,(H,23,26). The number of anilines is 2. The van der Waals surface area contributed by atoms with E-state index >= 15 is 0 Å². The zero-order valence-corrected chi connectivity index (χ0v) is 15.4. The normalized spacial score (nSPS) is 15.1. The summed E-state index contributed by atoms with van der Waals surface area (Å²) in [5.74, 6) is 1.60. The second kappa shape index (κ2) is 7.22. The number of carbonyl (C=O) groups excluding carboxylic acids is 1. The molecule has 4 rings (SSSR count). The molecule has 0 unspecified atom stereocenters. The molecular weight excluding hydrogens is 344 g/mol. The van der Waals surface area contributed by atoms with Gasteiger partial charge in [-0.3, -0.25) is 4.79 Å². The Bertz CT molecular complexity index is 962. The van der Waals surface area contributed by atoms with Crippen molar-refractivity contribution >= 4 is 28.6 Å². The van der Waals surface area contributed by atoms with E-state index in [0.29, 0.717) is 0 Å². The highest BCUT2D eigenvalue weighted by Crippen LogP contribution is 2.27. The number of aryl methyl sites for hydroxylation is 1. The average Bonchev–Trinajstić information content (AvgIpc) is 3.09. The summed E-state index contributed by atoms with van der Waals surface area (Å²) in [6, 6.07) is 7.42. The van der Waals surface area contributed by atoms with E-state index in [0.717, 1.165) is 54.3 Å². The predicted octanol–water partition coefficient (Wildman–Crippen LogP) is 2.23. The van der Waals surface area contributed by atoms with Crippen LogP contribution < -0.4 is 15.0 Å². The van der Waals surface area contributed by atoms with E-state index in [2.05, 4.69) is 25.2 Å². The Morgan fingerprint density at radius 1 is 1.22 bits per heavy atom. The maximum atomic E-state index is 12.6. The maximum Gasteiger partial charge on any atom is 0.227 e. The molecule has 0 saturated carbocycles. The topological polar surface area (TPSA) is 85.2 Å². The second-order valence-corrected chi connectivity index (χ2v) is 6.71. The van der Waals surface area contributed by atoms with Crippen LogP contribution in [0.3, 0.4) is 0 Å². The second-order valence-electron chi connectivity index (χ2n) is 6.71. The number of hydrogen-bond donors (Lipinski definition) is 1. The highest BCUT2D eigenvalue weighted by molar-refractivity contribution is 5.93. The SMILES string of the molecule is COc1cccc(NC(=O)C2CCN(c3ncnc4c3ncn4C)CC2)c1. The van der Waals surface area contributed by atoms with Gasteiger partial charge in [-0.05, 0) is 25.0 Å². The number of piperidine rings is 1. The Labute approximate surface area is 157 Å². The molecule has 0 spiro atoms. The van der Waals surface area contributed by atoms with Gasteiger partial charge in [0.15, 0.2) is 17.0 Å². The first-order chi connectivity index (χ1) is 13.2. The number of hydrogen-bond acceptors (Lipinski definition) is 6. The van der Waals surface area contributed by atoms with E-state index in [9.17, 15) is 4.79 Å². The molecule has 27 heavy (non-hydrogen) atoms. The summed E-state index contributed by atoms with van der Waals surface area (Å²) in [4.78, 5) is 27.9. The molecule has 1 aromatic carbocycles. The molecule has 140 valence electrons. The third-order valence-corrected chi connectivity index (χ3v) is 4.98. The van der Waals surface area contributed by atoms with Crippen molar-refractivity contribution in [1.29, 1.82) is 0 Å². The summed E-state index contributed by atoms with van der Waals surface area (Å²) in [6.07, 6.45) is 4.86. The molecule has 3 aromatic rings. The van der Waals surface area contributed by atoms with Gasteiger partial charge in [0, 0.05) is 37.8 Å². The van der Waals surface area contributed by atoms with E-state index in [1.165, 1.54) is 0 Å².